The van der Waals surface area contributed by atoms with Crippen molar-refractivity contribution in [3.8, 4) is 17.2 Å². The number of hydrogen-bond acceptors (Lipinski definition) is 5. The standard InChI is InChI=1S/C12H16F2N2O3/c1-16(3-2-15)6-8-4-10-11(18-7-17-10)5-9(8)19-12(13)14/h4-5,12H,2-3,6-7,15H2,1H3. The fraction of sp³-hybridized carbons (Fsp3) is 0.500. The molecule has 1 heterocycles. The molecule has 0 atom stereocenters. The average Bonchev–Trinajstić information content (AvgIpc) is 2.76. The highest BCUT2D eigenvalue weighted by atomic mass is 19.3. The molecule has 0 spiro atoms. The predicted octanol–water partition coefficient (Wildman–Crippen LogP) is 1.41. The second kappa shape index (κ2) is 6.03. The van der Waals surface area contributed by atoms with E-state index in [1.807, 2.05) is 11.9 Å². The van der Waals surface area contributed by atoms with Crippen molar-refractivity contribution in [3.05, 3.63) is 17.7 Å². The lowest BCUT2D eigenvalue weighted by Crippen LogP contribution is -2.25. The van der Waals surface area contributed by atoms with E-state index in [2.05, 4.69) is 4.74 Å². The van der Waals surface area contributed by atoms with E-state index in [4.69, 9.17) is 15.2 Å². The Hall–Kier alpha value is -1.60. The van der Waals surface area contributed by atoms with Gasteiger partial charge in [0.25, 0.3) is 0 Å². The summed E-state index contributed by atoms with van der Waals surface area (Å²) in [4.78, 5) is 1.91. The number of benzene rings is 1. The van der Waals surface area contributed by atoms with Crippen LogP contribution in [0, 0.1) is 0 Å². The molecule has 0 unspecified atom stereocenters. The van der Waals surface area contributed by atoms with Gasteiger partial charge in [-0.15, -0.1) is 0 Å². The van der Waals surface area contributed by atoms with Crippen LogP contribution in [-0.2, 0) is 6.54 Å². The first-order valence-electron chi connectivity index (χ1n) is 5.86. The van der Waals surface area contributed by atoms with Crippen molar-refractivity contribution in [2.45, 2.75) is 13.2 Å². The molecule has 2 N–H and O–H groups in total. The third kappa shape index (κ3) is 3.45. The van der Waals surface area contributed by atoms with Crippen molar-refractivity contribution < 1.29 is 23.0 Å². The molecule has 106 valence electrons. The molecular weight excluding hydrogens is 258 g/mol. The Bertz CT molecular complexity index is 443. The van der Waals surface area contributed by atoms with Gasteiger partial charge < -0.3 is 24.8 Å². The fourth-order valence-electron chi connectivity index (χ4n) is 1.88. The number of halogens is 2. The monoisotopic (exact) mass is 274 g/mol. The molecule has 0 fully saturated rings. The third-order valence-corrected chi connectivity index (χ3v) is 2.72. The Balaban J connectivity index is 2.23. The molecule has 19 heavy (non-hydrogen) atoms. The molecule has 1 aromatic carbocycles. The molecule has 2 rings (SSSR count). The highest BCUT2D eigenvalue weighted by molar-refractivity contribution is 5.51. The number of fused-ring (bicyclic) bond motifs is 1. The molecule has 0 saturated heterocycles. The van der Waals surface area contributed by atoms with Crippen LogP contribution in [0.2, 0.25) is 0 Å². The quantitative estimate of drug-likeness (QED) is 0.850. The van der Waals surface area contributed by atoms with Crippen molar-refractivity contribution in [2.75, 3.05) is 26.9 Å². The summed E-state index contributed by atoms with van der Waals surface area (Å²) in [5.41, 5.74) is 6.07. The van der Waals surface area contributed by atoms with Crippen molar-refractivity contribution >= 4 is 0 Å². The molecule has 0 bridgehead atoms. The van der Waals surface area contributed by atoms with Gasteiger partial charge >= 0.3 is 6.61 Å². The van der Waals surface area contributed by atoms with Crippen LogP contribution >= 0.6 is 0 Å². The van der Waals surface area contributed by atoms with Crippen LogP contribution in [0.25, 0.3) is 0 Å². The van der Waals surface area contributed by atoms with E-state index in [-0.39, 0.29) is 12.5 Å². The number of likely N-dealkylation sites (N-methyl/N-ethyl adjacent to an activating group) is 1. The Morgan fingerprint density at radius 1 is 1.37 bits per heavy atom. The van der Waals surface area contributed by atoms with Gasteiger partial charge in [0.2, 0.25) is 6.79 Å². The summed E-state index contributed by atoms with van der Waals surface area (Å²) in [7, 11) is 1.85. The SMILES string of the molecule is CN(CCN)Cc1cc2c(cc1OC(F)F)OCO2. The minimum atomic E-state index is -2.88. The minimum Gasteiger partial charge on any atom is -0.454 e. The van der Waals surface area contributed by atoms with Gasteiger partial charge in [0.05, 0.1) is 0 Å². The van der Waals surface area contributed by atoms with Gasteiger partial charge in [-0.2, -0.15) is 8.78 Å². The highest BCUT2D eigenvalue weighted by Gasteiger charge is 2.20. The smallest absolute Gasteiger partial charge is 0.387 e. The Morgan fingerprint density at radius 3 is 2.68 bits per heavy atom. The summed E-state index contributed by atoms with van der Waals surface area (Å²) in [5.74, 6) is 1.06. The second-order valence-electron chi connectivity index (χ2n) is 4.22. The lowest BCUT2D eigenvalue weighted by molar-refractivity contribution is -0.0508. The maximum Gasteiger partial charge on any atom is 0.387 e. The number of nitrogens with two attached hydrogens (primary N) is 1. The summed E-state index contributed by atoms with van der Waals surface area (Å²) in [5, 5.41) is 0. The zero-order valence-electron chi connectivity index (χ0n) is 10.6. The van der Waals surface area contributed by atoms with Crippen molar-refractivity contribution in [2.24, 2.45) is 5.73 Å². The molecule has 0 saturated carbocycles. The van der Waals surface area contributed by atoms with Gasteiger partial charge in [-0.05, 0) is 13.1 Å². The van der Waals surface area contributed by atoms with E-state index in [9.17, 15) is 8.78 Å². The summed E-state index contributed by atoms with van der Waals surface area (Å²) in [6.07, 6.45) is 0. The van der Waals surface area contributed by atoms with Crippen LogP contribution in [-0.4, -0.2) is 38.4 Å². The topological polar surface area (TPSA) is 57.0 Å². The summed E-state index contributed by atoms with van der Waals surface area (Å²) in [6, 6.07) is 3.09. The van der Waals surface area contributed by atoms with Crippen LogP contribution in [0.4, 0.5) is 8.78 Å². The van der Waals surface area contributed by atoms with Crippen LogP contribution in [0.1, 0.15) is 5.56 Å². The Labute approximate surface area is 109 Å². The van der Waals surface area contributed by atoms with Crippen molar-refractivity contribution in [1.29, 1.82) is 0 Å². The highest BCUT2D eigenvalue weighted by Crippen LogP contribution is 2.39. The van der Waals surface area contributed by atoms with Gasteiger partial charge in [0.1, 0.15) is 5.75 Å². The van der Waals surface area contributed by atoms with E-state index >= 15 is 0 Å². The first-order chi connectivity index (χ1) is 9.10. The molecule has 7 heteroatoms. The molecule has 5 nitrogen and oxygen atoms in total. The average molecular weight is 274 g/mol. The molecule has 0 aliphatic carbocycles. The van der Waals surface area contributed by atoms with Gasteiger partial charge in [-0.3, -0.25) is 0 Å². The first kappa shape index (κ1) is 13.8. The fourth-order valence-corrected chi connectivity index (χ4v) is 1.88. The van der Waals surface area contributed by atoms with E-state index < -0.39 is 6.61 Å². The zero-order chi connectivity index (χ0) is 13.8. The molecule has 1 aromatic rings. The van der Waals surface area contributed by atoms with Crippen LogP contribution in [0.3, 0.4) is 0 Å². The Kier molecular flexibility index (Phi) is 4.39. The molecule has 1 aliphatic rings. The van der Waals surface area contributed by atoms with Gasteiger partial charge in [0, 0.05) is 31.3 Å². The number of hydrogen-bond donors (Lipinski definition) is 1. The second-order valence-corrected chi connectivity index (χ2v) is 4.22. The molecule has 0 radical (unpaired) electrons. The Morgan fingerprint density at radius 2 is 2.05 bits per heavy atom. The third-order valence-electron chi connectivity index (χ3n) is 2.72. The van der Waals surface area contributed by atoms with Crippen molar-refractivity contribution in [1.82, 2.24) is 4.90 Å². The number of alkyl halides is 2. The van der Waals surface area contributed by atoms with Crippen LogP contribution < -0.4 is 19.9 Å². The lowest BCUT2D eigenvalue weighted by atomic mass is 10.1. The number of ether oxygens (including phenoxy) is 3. The normalized spacial score (nSPS) is 13.4. The summed E-state index contributed by atoms with van der Waals surface area (Å²) < 4.78 is 39.7. The summed E-state index contributed by atoms with van der Waals surface area (Å²) >= 11 is 0. The first-order valence-corrected chi connectivity index (χ1v) is 5.86. The zero-order valence-corrected chi connectivity index (χ0v) is 10.6. The molecule has 0 amide bonds. The van der Waals surface area contributed by atoms with Crippen molar-refractivity contribution in [3.63, 3.8) is 0 Å². The lowest BCUT2D eigenvalue weighted by Gasteiger charge is -2.18. The van der Waals surface area contributed by atoms with E-state index in [0.29, 0.717) is 36.7 Å². The number of rotatable bonds is 6. The molecule has 0 aromatic heterocycles. The minimum absolute atomic E-state index is 0.0888. The van der Waals surface area contributed by atoms with E-state index in [0.717, 1.165) is 0 Å². The van der Waals surface area contributed by atoms with Gasteiger partial charge in [0.15, 0.2) is 11.5 Å². The molecule has 1 aliphatic heterocycles. The maximum atomic E-state index is 12.4. The maximum absolute atomic E-state index is 12.4. The predicted molar refractivity (Wildman–Crippen MR) is 64.6 cm³/mol. The number of nitrogens with zero attached hydrogens (tertiary/aromatic N) is 1. The van der Waals surface area contributed by atoms with Gasteiger partial charge in [-0.25, -0.2) is 0 Å². The van der Waals surface area contributed by atoms with Crippen LogP contribution in [0.5, 0.6) is 17.2 Å². The van der Waals surface area contributed by atoms with E-state index in [1.165, 1.54) is 6.07 Å². The van der Waals surface area contributed by atoms with Gasteiger partial charge in [-0.1, -0.05) is 0 Å². The summed E-state index contributed by atoms with van der Waals surface area (Å²) in [6.45, 7) is -1.20. The van der Waals surface area contributed by atoms with E-state index in [1.54, 1.807) is 6.07 Å². The largest absolute Gasteiger partial charge is 0.454 e. The van der Waals surface area contributed by atoms with Crippen LogP contribution in [0.15, 0.2) is 12.1 Å². The molecular formula is C12H16F2N2O3.